The average Bonchev–Trinajstić information content (AvgIpc) is 2.78. The summed E-state index contributed by atoms with van der Waals surface area (Å²) in [5, 5.41) is 0. The number of rotatable bonds is 6. The van der Waals surface area contributed by atoms with Gasteiger partial charge in [-0.05, 0) is 47.6 Å². The van der Waals surface area contributed by atoms with Crippen molar-refractivity contribution in [3.8, 4) is 0 Å². The van der Waals surface area contributed by atoms with Crippen LogP contribution in [0.15, 0.2) is 72.1 Å². The summed E-state index contributed by atoms with van der Waals surface area (Å²) < 4.78 is 107. The maximum atomic E-state index is 15.8. The van der Waals surface area contributed by atoms with Gasteiger partial charge in [-0.15, -0.1) is 6.58 Å². The minimum absolute atomic E-state index is 0.0299. The van der Waals surface area contributed by atoms with E-state index in [9.17, 15) is 4.39 Å². The van der Waals surface area contributed by atoms with Crippen LogP contribution in [0.1, 0.15) is 44.2 Å². The number of allylic oxidation sites excluding steroid dienone is 9. The van der Waals surface area contributed by atoms with Gasteiger partial charge >= 0.3 is 11.8 Å². The number of halogens is 7. The lowest BCUT2D eigenvalue weighted by Crippen LogP contribution is -2.64. The van der Waals surface area contributed by atoms with Gasteiger partial charge in [0.1, 0.15) is 17.8 Å². The topological polar surface area (TPSA) is 0 Å². The SMILES string of the molecule is C=CCCc1ccc(C2=C(F)C3C(C)(C=C2)C2=CC=C(CCC)C(F)C2C(F)(F)C3(F)F)cc1F. The zero-order chi connectivity index (χ0) is 25.8. The first kappa shape index (κ1) is 25.5. The van der Waals surface area contributed by atoms with Gasteiger partial charge in [0, 0.05) is 11.0 Å². The van der Waals surface area contributed by atoms with Crippen molar-refractivity contribution in [1.82, 2.24) is 0 Å². The zero-order valence-corrected chi connectivity index (χ0v) is 19.5. The number of alkyl halides is 5. The Hall–Kier alpha value is -2.57. The Kier molecular flexibility index (Phi) is 6.43. The highest BCUT2D eigenvalue weighted by atomic mass is 19.3. The molecule has 1 aromatic carbocycles. The molecule has 4 rings (SSSR count). The highest BCUT2D eigenvalue weighted by Crippen LogP contribution is 2.67. The van der Waals surface area contributed by atoms with Gasteiger partial charge in [0.25, 0.3) is 0 Å². The molecule has 3 aliphatic carbocycles. The molecule has 4 unspecified atom stereocenters. The van der Waals surface area contributed by atoms with E-state index in [1.165, 1.54) is 43.4 Å². The van der Waals surface area contributed by atoms with Crippen molar-refractivity contribution < 1.29 is 30.7 Å². The van der Waals surface area contributed by atoms with E-state index in [-0.39, 0.29) is 28.7 Å². The molecule has 3 aliphatic rings. The second-order valence-electron chi connectivity index (χ2n) is 9.68. The molecule has 188 valence electrons. The summed E-state index contributed by atoms with van der Waals surface area (Å²) in [6, 6.07) is 3.80. The van der Waals surface area contributed by atoms with Crippen molar-refractivity contribution in [2.24, 2.45) is 17.3 Å². The highest BCUT2D eigenvalue weighted by molar-refractivity contribution is 5.78. The average molecular weight is 497 g/mol. The first-order valence-corrected chi connectivity index (χ1v) is 11.7. The Morgan fingerprint density at radius 3 is 2.37 bits per heavy atom. The van der Waals surface area contributed by atoms with E-state index >= 15 is 26.3 Å². The molecule has 0 saturated heterocycles. The van der Waals surface area contributed by atoms with Crippen LogP contribution in [0, 0.1) is 23.1 Å². The molecule has 0 spiro atoms. The van der Waals surface area contributed by atoms with E-state index in [0.29, 0.717) is 24.8 Å². The van der Waals surface area contributed by atoms with Gasteiger partial charge in [-0.3, -0.25) is 0 Å². The molecule has 0 N–H and O–H groups in total. The first-order chi connectivity index (χ1) is 16.4. The third-order valence-electron chi connectivity index (χ3n) is 7.51. The van der Waals surface area contributed by atoms with Crippen molar-refractivity contribution in [3.05, 3.63) is 89.1 Å². The van der Waals surface area contributed by atoms with Crippen molar-refractivity contribution in [2.75, 3.05) is 0 Å². The molecule has 7 heteroatoms. The number of benzene rings is 1. The Morgan fingerprint density at radius 1 is 1.03 bits per heavy atom. The smallest absolute Gasteiger partial charge is 0.242 e. The molecule has 0 heterocycles. The van der Waals surface area contributed by atoms with Gasteiger partial charge in [-0.2, -0.15) is 17.6 Å². The van der Waals surface area contributed by atoms with Gasteiger partial charge in [-0.25, -0.2) is 13.2 Å². The van der Waals surface area contributed by atoms with Crippen LogP contribution in [0.2, 0.25) is 0 Å². The summed E-state index contributed by atoms with van der Waals surface area (Å²) in [7, 11) is 0. The van der Waals surface area contributed by atoms with E-state index in [1.54, 1.807) is 13.0 Å². The second-order valence-corrected chi connectivity index (χ2v) is 9.68. The summed E-state index contributed by atoms with van der Waals surface area (Å²) in [4.78, 5) is 0. The fraction of sp³-hybridized carbons (Fsp3) is 0.429. The normalized spacial score (nSPS) is 30.8. The number of aryl methyl sites for hydroxylation is 1. The van der Waals surface area contributed by atoms with Crippen LogP contribution in [-0.2, 0) is 6.42 Å². The molecule has 4 atom stereocenters. The van der Waals surface area contributed by atoms with Gasteiger partial charge in [0.05, 0.1) is 11.8 Å². The summed E-state index contributed by atoms with van der Waals surface area (Å²) in [6.45, 7) is 6.54. The third-order valence-corrected chi connectivity index (χ3v) is 7.51. The second kappa shape index (κ2) is 8.82. The molecule has 1 fully saturated rings. The van der Waals surface area contributed by atoms with E-state index in [0.717, 1.165) is 6.07 Å². The predicted octanol–water partition coefficient (Wildman–Crippen LogP) is 8.72. The van der Waals surface area contributed by atoms with Gasteiger partial charge in [0.2, 0.25) is 0 Å². The minimum atomic E-state index is -4.88. The molecule has 0 aromatic heterocycles. The Labute approximate surface area is 200 Å². The van der Waals surface area contributed by atoms with E-state index < -0.39 is 46.9 Å². The molecule has 0 amide bonds. The van der Waals surface area contributed by atoms with Crippen LogP contribution in [0.3, 0.4) is 0 Å². The van der Waals surface area contributed by atoms with Crippen molar-refractivity contribution in [3.63, 3.8) is 0 Å². The van der Waals surface area contributed by atoms with Gasteiger partial charge in [-0.1, -0.05) is 62.8 Å². The fourth-order valence-electron chi connectivity index (χ4n) is 5.63. The molecular weight excluding hydrogens is 469 g/mol. The maximum Gasteiger partial charge on any atom is 0.321 e. The number of fused-ring (bicyclic) bond motifs is 3. The lowest BCUT2D eigenvalue weighted by molar-refractivity contribution is -0.286. The number of hydrogen-bond donors (Lipinski definition) is 0. The van der Waals surface area contributed by atoms with Crippen LogP contribution < -0.4 is 0 Å². The molecule has 0 radical (unpaired) electrons. The summed E-state index contributed by atoms with van der Waals surface area (Å²) in [6.07, 6.45) is 5.84. The van der Waals surface area contributed by atoms with Crippen LogP contribution >= 0.6 is 0 Å². The van der Waals surface area contributed by atoms with Crippen LogP contribution in [0.5, 0.6) is 0 Å². The van der Waals surface area contributed by atoms with Crippen LogP contribution in [-0.4, -0.2) is 18.0 Å². The highest BCUT2D eigenvalue weighted by Gasteiger charge is 2.77. The monoisotopic (exact) mass is 496 g/mol. The molecule has 0 nitrogen and oxygen atoms in total. The Bertz CT molecular complexity index is 1150. The van der Waals surface area contributed by atoms with Crippen LogP contribution in [0.4, 0.5) is 30.7 Å². The van der Waals surface area contributed by atoms with Crippen molar-refractivity contribution >= 4 is 5.57 Å². The maximum absolute atomic E-state index is 15.8. The summed E-state index contributed by atoms with van der Waals surface area (Å²) in [5.41, 5.74) is -2.19. The van der Waals surface area contributed by atoms with E-state index in [1.807, 2.05) is 0 Å². The van der Waals surface area contributed by atoms with Crippen molar-refractivity contribution in [1.29, 1.82) is 0 Å². The molecular formula is C28H27F7. The molecule has 0 aliphatic heterocycles. The molecule has 1 aromatic rings. The van der Waals surface area contributed by atoms with Crippen molar-refractivity contribution in [2.45, 2.75) is 57.5 Å². The van der Waals surface area contributed by atoms with Gasteiger partial charge < -0.3 is 0 Å². The zero-order valence-electron chi connectivity index (χ0n) is 19.5. The largest absolute Gasteiger partial charge is 0.321 e. The van der Waals surface area contributed by atoms with E-state index in [4.69, 9.17) is 0 Å². The van der Waals surface area contributed by atoms with E-state index in [2.05, 4.69) is 6.58 Å². The molecule has 35 heavy (non-hydrogen) atoms. The Balaban J connectivity index is 1.84. The standard InChI is InChI=1S/C28H27F7/c1-4-6-8-16-9-10-18(15-21(16)29)19-13-14-26(3)20-12-11-17(7-5-2)23(30)22(20)27(32,33)28(34,35)25(26)24(19)31/h4,9-15,22-23,25H,1,5-8H2,2-3H3. The summed E-state index contributed by atoms with van der Waals surface area (Å²) in [5.74, 6) is -16.8. The third kappa shape index (κ3) is 3.73. The minimum Gasteiger partial charge on any atom is -0.242 e. The predicted molar refractivity (Wildman–Crippen MR) is 123 cm³/mol. The lowest BCUT2D eigenvalue weighted by Gasteiger charge is -2.55. The van der Waals surface area contributed by atoms with Crippen LogP contribution in [0.25, 0.3) is 5.57 Å². The summed E-state index contributed by atoms with van der Waals surface area (Å²) >= 11 is 0. The first-order valence-electron chi connectivity index (χ1n) is 11.7. The lowest BCUT2D eigenvalue weighted by atomic mass is 9.53. The quantitative estimate of drug-likeness (QED) is 0.273. The fourth-order valence-corrected chi connectivity index (χ4v) is 5.63. The molecule has 0 bridgehead atoms. The van der Waals surface area contributed by atoms with Gasteiger partial charge in [0.15, 0.2) is 0 Å². The Morgan fingerprint density at radius 2 is 1.74 bits per heavy atom. The molecule has 1 saturated carbocycles. The number of hydrogen-bond acceptors (Lipinski definition) is 0.